The molecule has 0 aromatic heterocycles. The molecular weight excluding hydrogens is 336 g/mol. The summed E-state index contributed by atoms with van der Waals surface area (Å²) < 4.78 is 31.3. The summed E-state index contributed by atoms with van der Waals surface area (Å²) >= 11 is 5.89. The predicted octanol–water partition coefficient (Wildman–Crippen LogP) is 3.47. The van der Waals surface area contributed by atoms with Crippen LogP contribution in [0.15, 0.2) is 70.5 Å². The Morgan fingerprint density at radius 2 is 1.74 bits per heavy atom. The average molecular weight is 349 g/mol. The predicted molar refractivity (Wildman–Crippen MR) is 86.6 cm³/mol. The first kappa shape index (κ1) is 15.8. The van der Waals surface area contributed by atoms with Crippen molar-refractivity contribution < 1.29 is 17.9 Å². The maximum atomic E-state index is 13.0. The van der Waals surface area contributed by atoms with Crippen molar-refractivity contribution in [3.05, 3.63) is 76.2 Å². The van der Waals surface area contributed by atoms with Crippen LogP contribution in [0, 0.1) is 0 Å². The summed E-state index contributed by atoms with van der Waals surface area (Å²) in [5.41, 5.74) is -0.776. The summed E-state index contributed by atoms with van der Waals surface area (Å²) in [7, 11) is -3.92. The third-order valence-electron chi connectivity index (χ3n) is 3.74. The Hall–Kier alpha value is -2.11. The topological polar surface area (TPSA) is 60.4 Å². The lowest BCUT2D eigenvalue weighted by molar-refractivity contribution is -0.145. The fourth-order valence-electron chi connectivity index (χ4n) is 2.58. The van der Waals surface area contributed by atoms with E-state index in [1.54, 1.807) is 49.4 Å². The highest BCUT2D eigenvalue weighted by atomic mass is 35.5. The first-order valence-electron chi connectivity index (χ1n) is 6.85. The summed E-state index contributed by atoms with van der Waals surface area (Å²) in [6.45, 7) is 1.57. The van der Waals surface area contributed by atoms with E-state index >= 15 is 0 Å². The fraction of sp³-hybridized carbons (Fsp3) is 0.118. The van der Waals surface area contributed by atoms with Gasteiger partial charge in [-0.2, -0.15) is 0 Å². The summed E-state index contributed by atoms with van der Waals surface area (Å²) in [5, 5.41) is 0.304. The normalized spacial score (nSPS) is 21.0. The summed E-state index contributed by atoms with van der Waals surface area (Å²) in [6, 6.07) is 14.7. The lowest BCUT2D eigenvalue weighted by Gasteiger charge is -2.27. The SMILES string of the molecule is CC1(c2ccccc2)OC(=O)C=C1S(=O)(=O)c1cccc(Cl)c1. The van der Waals surface area contributed by atoms with E-state index in [9.17, 15) is 13.2 Å². The van der Waals surface area contributed by atoms with Crippen LogP contribution in [-0.2, 0) is 25.0 Å². The number of sulfone groups is 1. The van der Waals surface area contributed by atoms with Crippen molar-refractivity contribution in [2.45, 2.75) is 17.4 Å². The number of hydrogen-bond donors (Lipinski definition) is 0. The molecule has 0 N–H and O–H groups in total. The second kappa shape index (κ2) is 5.51. The minimum absolute atomic E-state index is 0.0247. The van der Waals surface area contributed by atoms with Gasteiger partial charge in [-0.3, -0.25) is 0 Å². The highest BCUT2D eigenvalue weighted by Gasteiger charge is 2.47. The van der Waals surface area contributed by atoms with Gasteiger partial charge in [-0.05, 0) is 25.1 Å². The van der Waals surface area contributed by atoms with Gasteiger partial charge in [-0.15, -0.1) is 0 Å². The fourth-order valence-corrected chi connectivity index (χ4v) is 4.55. The third kappa shape index (κ3) is 2.66. The lowest BCUT2D eigenvalue weighted by Crippen LogP contribution is -2.29. The van der Waals surface area contributed by atoms with Gasteiger partial charge in [0.15, 0.2) is 5.60 Å². The first-order chi connectivity index (χ1) is 10.8. The average Bonchev–Trinajstić information content (AvgIpc) is 2.85. The summed E-state index contributed by atoms with van der Waals surface area (Å²) in [4.78, 5) is 11.7. The van der Waals surface area contributed by atoms with Crippen molar-refractivity contribution in [2.24, 2.45) is 0 Å². The number of rotatable bonds is 3. The monoisotopic (exact) mass is 348 g/mol. The molecule has 3 rings (SSSR count). The first-order valence-corrected chi connectivity index (χ1v) is 8.71. The summed E-state index contributed by atoms with van der Waals surface area (Å²) in [5.74, 6) is -0.683. The Kier molecular flexibility index (Phi) is 3.78. The van der Waals surface area contributed by atoms with E-state index in [-0.39, 0.29) is 9.80 Å². The molecule has 0 fully saturated rings. The highest BCUT2D eigenvalue weighted by molar-refractivity contribution is 7.95. The molecule has 0 spiro atoms. The third-order valence-corrected chi connectivity index (χ3v) is 5.94. The molecule has 6 heteroatoms. The van der Waals surface area contributed by atoms with Crippen molar-refractivity contribution >= 4 is 27.4 Å². The molecular formula is C17H13ClO4S. The van der Waals surface area contributed by atoms with Gasteiger partial charge in [-0.1, -0.05) is 48.0 Å². The zero-order chi connectivity index (χ0) is 16.7. The number of carbonyl (C=O) groups is 1. The van der Waals surface area contributed by atoms with Crippen molar-refractivity contribution in [1.82, 2.24) is 0 Å². The highest BCUT2D eigenvalue weighted by Crippen LogP contribution is 2.43. The number of halogens is 1. The molecule has 1 aliphatic heterocycles. The molecule has 1 heterocycles. The number of esters is 1. The van der Waals surface area contributed by atoms with Crippen LogP contribution in [-0.4, -0.2) is 14.4 Å². The standard InChI is InChI=1S/C17H13ClO4S/c1-17(12-6-3-2-4-7-12)15(11-16(19)22-17)23(20,21)14-9-5-8-13(18)10-14/h2-11H,1H3. The Morgan fingerprint density at radius 1 is 1.04 bits per heavy atom. The van der Waals surface area contributed by atoms with Crippen molar-refractivity contribution in [3.8, 4) is 0 Å². The van der Waals surface area contributed by atoms with Gasteiger partial charge in [0.05, 0.1) is 4.90 Å². The van der Waals surface area contributed by atoms with Crippen LogP contribution >= 0.6 is 11.6 Å². The zero-order valence-corrected chi connectivity index (χ0v) is 13.8. The van der Waals surface area contributed by atoms with E-state index in [0.29, 0.717) is 10.6 Å². The van der Waals surface area contributed by atoms with Gasteiger partial charge in [-0.25, -0.2) is 13.2 Å². The molecule has 1 unspecified atom stereocenters. The van der Waals surface area contributed by atoms with Crippen molar-refractivity contribution in [1.29, 1.82) is 0 Å². The second-order valence-corrected chi connectivity index (χ2v) is 7.64. The van der Waals surface area contributed by atoms with E-state index in [0.717, 1.165) is 6.08 Å². The van der Waals surface area contributed by atoms with Crippen LogP contribution in [0.3, 0.4) is 0 Å². The lowest BCUT2D eigenvalue weighted by atomic mass is 9.96. The molecule has 0 bridgehead atoms. The van der Waals surface area contributed by atoms with Gasteiger partial charge in [0.25, 0.3) is 0 Å². The quantitative estimate of drug-likeness (QED) is 0.797. The van der Waals surface area contributed by atoms with Crippen LogP contribution < -0.4 is 0 Å². The number of ether oxygens (including phenoxy) is 1. The van der Waals surface area contributed by atoms with Crippen molar-refractivity contribution in [3.63, 3.8) is 0 Å². The maximum absolute atomic E-state index is 13.0. The number of hydrogen-bond acceptors (Lipinski definition) is 4. The van der Waals surface area contributed by atoms with Crippen LogP contribution in [0.4, 0.5) is 0 Å². The van der Waals surface area contributed by atoms with E-state index < -0.39 is 21.4 Å². The van der Waals surface area contributed by atoms with Gasteiger partial charge in [0, 0.05) is 16.7 Å². The molecule has 0 amide bonds. The Balaban J connectivity index is 2.17. The molecule has 0 aliphatic carbocycles. The molecule has 2 aromatic carbocycles. The van der Waals surface area contributed by atoms with E-state index in [2.05, 4.69) is 0 Å². The molecule has 4 nitrogen and oxygen atoms in total. The summed E-state index contributed by atoms with van der Waals surface area (Å²) in [6.07, 6.45) is 1.03. The molecule has 23 heavy (non-hydrogen) atoms. The van der Waals surface area contributed by atoms with Gasteiger partial charge in [0.2, 0.25) is 9.84 Å². The largest absolute Gasteiger partial charge is 0.446 e. The molecule has 1 aliphatic rings. The molecule has 0 radical (unpaired) electrons. The molecule has 2 aromatic rings. The van der Waals surface area contributed by atoms with Crippen LogP contribution in [0.2, 0.25) is 5.02 Å². The molecule has 0 saturated heterocycles. The Labute approximate surface area is 139 Å². The van der Waals surface area contributed by atoms with Gasteiger partial charge in [0.1, 0.15) is 4.91 Å². The number of cyclic esters (lactones) is 1. The second-order valence-electron chi connectivity index (χ2n) is 5.29. The zero-order valence-electron chi connectivity index (χ0n) is 12.2. The van der Waals surface area contributed by atoms with Gasteiger partial charge < -0.3 is 4.74 Å². The van der Waals surface area contributed by atoms with E-state index in [4.69, 9.17) is 16.3 Å². The van der Waals surface area contributed by atoms with Crippen LogP contribution in [0.5, 0.6) is 0 Å². The molecule has 118 valence electrons. The smallest absolute Gasteiger partial charge is 0.333 e. The minimum atomic E-state index is -3.92. The Bertz CT molecular complexity index is 903. The number of carbonyl (C=O) groups excluding carboxylic acids is 1. The Morgan fingerprint density at radius 3 is 2.39 bits per heavy atom. The van der Waals surface area contributed by atoms with Crippen LogP contribution in [0.25, 0.3) is 0 Å². The number of benzene rings is 2. The van der Waals surface area contributed by atoms with Crippen molar-refractivity contribution in [2.75, 3.05) is 0 Å². The van der Waals surface area contributed by atoms with E-state index in [1.807, 2.05) is 0 Å². The van der Waals surface area contributed by atoms with E-state index in [1.165, 1.54) is 12.1 Å². The molecule has 0 saturated carbocycles. The maximum Gasteiger partial charge on any atom is 0.333 e. The molecule has 1 atom stereocenters. The minimum Gasteiger partial charge on any atom is -0.446 e. The van der Waals surface area contributed by atoms with Gasteiger partial charge >= 0.3 is 5.97 Å². The van der Waals surface area contributed by atoms with Crippen LogP contribution in [0.1, 0.15) is 12.5 Å².